The van der Waals surface area contributed by atoms with Gasteiger partial charge in [-0.1, -0.05) is 6.07 Å². The van der Waals surface area contributed by atoms with Crippen LogP contribution in [0.25, 0.3) is 22.1 Å². The summed E-state index contributed by atoms with van der Waals surface area (Å²) in [5.41, 5.74) is 5.93. The fourth-order valence-electron chi connectivity index (χ4n) is 4.03. The minimum Gasteiger partial charge on any atom is -0.452 e. The normalized spacial score (nSPS) is 17.8. The topological polar surface area (TPSA) is 58.4 Å². The SMILES string of the molecule is Cc1cc([C@@H](C)N[S@](=O)C(C)(C)C)c2oc3c(N4CCCCC4)ccnc3c2c1. The van der Waals surface area contributed by atoms with E-state index in [1.54, 1.807) is 0 Å². The van der Waals surface area contributed by atoms with E-state index >= 15 is 0 Å². The molecule has 2 atom stereocenters. The molecule has 6 heteroatoms. The highest BCUT2D eigenvalue weighted by Gasteiger charge is 2.25. The van der Waals surface area contributed by atoms with E-state index in [0.717, 1.165) is 52.0 Å². The summed E-state index contributed by atoms with van der Waals surface area (Å²) >= 11 is 0. The Morgan fingerprint density at radius 1 is 1.17 bits per heavy atom. The molecule has 1 N–H and O–H groups in total. The van der Waals surface area contributed by atoms with E-state index in [-0.39, 0.29) is 10.8 Å². The van der Waals surface area contributed by atoms with Crippen molar-refractivity contribution in [3.05, 3.63) is 35.5 Å². The maximum atomic E-state index is 12.7. The summed E-state index contributed by atoms with van der Waals surface area (Å²) in [7, 11) is -1.16. The Hall–Kier alpha value is -1.92. The molecule has 29 heavy (non-hydrogen) atoms. The Morgan fingerprint density at radius 2 is 1.90 bits per heavy atom. The Kier molecular flexibility index (Phi) is 5.42. The van der Waals surface area contributed by atoms with Crippen molar-refractivity contribution < 1.29 is 8.63 Å². The lowest BCUT2D eigenvalue weighted by Gasteiger charge is -2.28. The van der Waals surface area contributed by atoms with Crippen LogP contribution in [0.1, 0.15) is 64.1 Å². The van der Waals surface area contributed by atoms with Gasteiger partial charge in [0.1, 0.15) is 11.1 Å². The number of anilines is 1. The molecule has 4 rings (SSSR count). The Morgan fingerprint density at radius 3 is 2.59 bits per heavy atom. The third kappa shape index (κ3) is 3.92. The number of rotatable bonds is 4. The van der Waals surface area contributed by atoms with Gasteiger partial charge < -0.3 is 9.32 Å². The van der Waals surface area contributed by atoms with E-state index in [4.69, 9.17) is 4.42 Å². The quantitative estimate of drug-likeness (QED) is 0.623. The predicted octanol–water partition coefficient (Wildman–Crippen LogP) is 5.39. The van der Waals surface area contributed by atoms with Crippen LogP contribution in [0.15, 0.2) is 28.8 Å². The number of aromatic nitrogens is 1. The number of fused-ring (bicyclic) bond motifs is 3. The third-order valence-electron chi connectivity index (χ3n) is 5.61. The van der Waals surface area contributed by atoms with Gasteiger partial charge in [-0.2, -0.15) is 0 Å². The van der Waals surface area contributed by atoms with Crippen molar-refractivity contribution in [1.29, 1.82) is 0 Å². The summed E-state index contributed by atoms with van der Waals surface area (Å²) < 4.78 is 22.1. The molecule has 3 aromatic rings. The molecule has 156 valence electrons. The van der Waals surface area contributed by atoms with E-state index in [9.17, 15) is 4.21 Å². The Balaban J connectivity index is 1.83. The van der Waals surface area contributed by atoms with Gasteiger partial charge in [-0.05, 0) is 71.6 Å². The molecule has 1 aromatic carbocycles. The lowest BCUT2D eigenvalue weighted by Crippen LogP contribution is -2.34. The van der Waals surface area contributed by atoms with Crippen LogP contribution in [-0.2, 0) is 11.0 Å². The largest absolute Gasteiger partial charge is 0.452 e. The van der Waals surface area contributed by atoms with Gasteiger partial charge in [-0.15, -0.1) is 0 Å². The fourth-order valence-corrected chi connectivity index (χ4v) is 4.83. The zero-order valence-electron chi connectivity index (χ0n) is 18.0. The first-order valence-electron chi connectivity index (χ1n) is 10.5. The van der Waals surface area contributed by atoms with Crippen LogP contribution in [0.4, 0.5) is 5.69 Å². The Labute approximate surface area is 175 Å². The van der Waals surface area contributed by atoms with E-state index < -0.39 is 11.0 Å². The summed E-state index contributed by atoms with van der Waals surface area (Å²) in [5, 5.41) is 1.03. The fraction of sp³-hybridized carbons (Fsp3) is 0.522. The van der Waals surface area contributed by atoms with Crippen molar-refractivity contribution in [2.24, 2.45) is 0 Å². The standard InChI is InChI=1S/C23H31N3O2S/c1-15-13-17(16(2)25-29(27)23(3,4)5)21-18(14-15)20-22(28-21)19(9-10-24-20)26-11-7-6-8-12-26/h9-10,13-14,16,25H,6-8,11-12H2,1-5H3/t16-,29-/m1/s1. The highest BCUT2D eigenvalue weighted by atomic mass is 32.2. The number of benzene rings is 1. The van der Waals surface area contributed by atoms with Crippen LogP contribution in [0.5, 0.6) is 0 Å². The van der Waals surface area contributed by atoms with Crippen LogP contribution in [0, 0.1) is 6.92 Å². The van der Waals surface area contributed by atoms with Crippen molar-refractivity contribution in [2.75, 3.05) is 18.0 Å². The number of aryl methyl sites for hydroxylation is 1. The molecule has 1 aliphatic heterocycles. The molecule has 1 aliphatic rings. The summed E-state index contributed by atoms with van der Waals surface area (Å²) in [4.78, 5) is 7.08. The van der Waals surface area contributed by atoms with Crippen LogP contribution < -0.4 is 9.62 Å². The molecule has 0 radical (unpaired) electrons. The molecule has 2 aromatic heterocycles. The van der Waals surface area contributed by atoms with Gasteiger partial charge in [0.2, 0.25) is 0 Å². The second-order valence-electron chi connectivity index (χ2n) is 9.11. The summed E-state index contributed by atoms with van der Waals surface area (Å²) in [6, 6.07) is 6.24. The first-order valence-corrected chi connectivity index (χ1v) is 11.7. The number of hydrogen-bond donors (Lipinski definition) is 1. The van der Waals surface area contributed by atoms with Gasteiger partial charge >= 0.3 is 0 Å². The molecular formula is C23H31N3O2S. The van der Waals surface area contributed by atoms with E-state index in [2.05, 4.69) is 39.7 Å². The van der Waals surface area contributed by atoms with Crippen LogP contribution >= 0.6 is 0 Å². The molecular weight excluding hydrogens is 382 g/mol. The van der Waals surface area contributed by atoms with Crippen LogP contribution in [-0.4, -0.2) is 27.0 Å². The van der Waals surface area contributed by atoms with Gasteiger partial charge in [0.15, 0.2) is 5.58 Å². The molecule has 3 heterocycles. The van der Waals surface area contributed by atoms with Crippen LogP contribution in [0.2, 0.25) is 0 Å². The lowest BCUT2D eigenvalue weighted by molar-refractivity contribution is 0.573. The number of piperidine rings is 1. The van der Waals surface area contributed by atoms with Crippen molar-refractivity contribution >= 4 is 38.7 Å². The van der Waals surface area contributed by atoms with Gasteiger partial charge in [0, 0.05) is 36.3 Å². The van der Waals surface area contributed by atoms with Gasteiger partial charge in [0.25, 0.3) is 0 Å². The van der Waals surface area contributed by atoms with Crippen molar-refractivity contribution in [2.45, 2.75) is 64.7 Å². The average molecular weight is 414 g/mol. The summed E-state index contributed by atoms with van der Waals surface area (Å²) in [5.74, 6) is 0. The van der Waals surface area contributed by atoms with Gasteiger partial charge in [-0.3, -0.25) is 4.98 Å². The average Bonchev–Trinajstić information content (AvgIpc) is 3.05. The zero-order chi connectivity index (χ0) is 20.8. The van der Waals surface area contributed by atoms with Crippen molar-refractivity contribution in [3.8, 4) is 0 Å². The first-order chi connectivity index (χ1) is 13.8. The molecule has 1 fully saturated rings. The number of hydrogen-bond acceptors (Lipinski definition) is 4. The van der Waals surface area contributed by atoms with Gasteiger partial charge in [-0.25, -0.2) is 8.93 Å². The number of furan rings is 1. The minimum absolute atomic E-state index is 0.101. The molecule has 0 amide bonds. The van der Waals surface area contributed by atoms with Gasteiger partial charge in [0.05, 0.1) is 21.4 Å². The Bertz CT molecular complexity index is 1060. The monoisotopic (exact) mass is 413 g/mol. The number of pyridine rings is 1. The molecule has 1 saturated heterocycles. The lowest BCUT2D eigenvalue weighted by atomic mass is 10.0. The highest BCUT2D eigenvalue weighted by molar-refractivity contribution is 7.84. The maximum Gasteiger partial charge on any atom is 0.177 e. The summed E-state index contributed by atoms with van der Waals surface area (Å²) in [6.07, 6.45) is 5.61. The smallest absolute Gasteiger partial charge is 0.177 e. The van der Waals surface area contributed by atoms with E-state index in [1.165, 1.54) is 19.3 Å². The highest BCUT2D eigenvalue weighted by Crippen LogP contribution is 2.38. The first kappa shape index (κ1) is 20.4. The molecule has 0 aliphatic carbocycles. The maximum absolute atomic E-state index is 12.7. The molecule has 5 nitrogen and oxygen atoms in total. The second kappa shape index (κ2) is 7.73. The molecule has 0 bridgehead atoms. The predicted molar refractivity (Wildman–Crippen MR) is 122 cm³/mol. The van der Waals surface area contributed by atoms with Crippen molar-refractivity contribution in [1.82, 2.24) is 9.71 Å². The summed E-state index contributed by atoms with van der Waals surface area (Å²) in [6.45, 7) is 12.2. The van der Waals surface area contributed by atoms with Crippen LogP contribution in [0.3, 0.4) is 0 Å². The molecule has 0 saturated carbocycles. The molecule has 0 spiro atoms. The number of nitrogens with one attached hydrogen (secondary N) is 1. The second-order valence-corrected chi connectivity index (χ2v) is 11.1. The minimum atomic E-state index is -1.16. The number of nitrogens with zero attached hydrogens (tertiary/aromatic N) is 2. The van der Waals surface area contributed by atoms with Crippen molar-refractivity contribution in [3.63, 3.8) is 0 Å². The zero-order valence-corrected chi connectivity index (χ0v) is 18.9. The van der Waals surface area contributed by atoms with E-state index in [0.29, 0.717) is 0 Å². The third-order valence-corrected chi connectivity index (χ3v) is 7.29. The van der Waals surface area contributed by atoms with E-state index in [1.807, 2.05) is 33.9 Å². The molecule has 0 unspecified atom stereocenters.